The molecule has 2 aromatic carbocycles. The van der Waals surface area contributed by atoms with Crippen molar-refractivity contribution < 1.29 is 19.1 Å². The molecule has 148 valence electrons. The van der Waals surface area contributed by atoms with Gasteiger partial charge in [-0.15, -0.1) is 0 Å². The number of benzene rings is 2. The molecule has 2 rings (SSSR count). The van der Waals surface area contributed by atoms with Gasteiger partial charge in [0.25, 0.3) is 0 Å². The summed E-state index contributed by atoms with van der Waals surface area (Å²) < 4.78 is 5.31. The van der Waals surface area contributed by atoms with E-state index in [9.17, 15) is 14.4 Å². The Hall–Kier alpha value is -2.86. The van der Waals surface area contributed by atoms with E-state index in [1.807, 2.05) is 26.0 Å². The SMILES string of the molecule is Cc1ccc(C)c(C(=O)[C@@H](C)OC(=O)C[C@H](NC(N)=O)c2ccc(Cl)cc2)c1. The van der Waals surface area contributed by atoms with Gasteiger partial charge in [-0.1, -0.05) is 41.4 Å². The van der Waals surface area contributed by atoms with Crippen LogP contribution in [0.15, 0.2) is 42.5 Å². The summed E-state index contributed by atoms with van der Waals surface area (Å²) in [5, 5.41) is 3.03. The number of esters is 1. The molecule has 0 heterocycles. The van der Waals surface area contributed by atoms with Crippen LogP contribution in [-0.2, 0) is 9.53 Å². The molecule has 0 spiro atoms. The van der Waals surface area contributed by atoms with Crippen LogP contribution in [0, 0.1) is 13.8 Å². The second-order valence-corrected chi connectivity index (χ2v) is 7.07. The predicted octanol–water partition coefficient (Wildman–Crippen LogP) is 3.87. The number of Topliss-reactive ketones (excluding diaryl/α,β-unsaturated/α-hetero) is 1. The van der Waals surface area contributed by atoms with E-state index in [2.05, 4.69) is 5.32 Å². The number of hydrogen-bond acceptors (Lipinski definition) is 4. The van der Waals surface area contributed by atoms with Crippen molar-refractivity contribution in [1.29, 1.82) is 0 Å². The van der Waals surface area contributed by atoms with Gasteiger partial charge in [0, 0.05) is 10.6 Å². The maximum absolute atomic E-state index is 12.6. The average molecular weight is 403 g/mol. The number of carbonyl (C=O) groups is 3. The third kappa shape index (κ3) is 5.82. The number of ether oxygens (including phenoxy) is 1. The van der Waals surface area contributed by atoms with E-state index >= 15 is 0 Å². The summed E-state index contributed by atoms with van der Waals surface area (Å²) in [4.78, 5) is 36.3. The van der Waals surface area contributed by atoms with Gasteiger partial charge in [0.1, 0.15) is 0 Å². The standard InChI is InChI=1S/C21H23ClN2O4/c1-12-4-5-13(2)17(10-12)20(26)14(3)28-19(25)11-18(24-21(23)27)15-6-8-16(22)9-7-15/h4-10,14,18H,11H2,1-3H3,(H3,23,24,27)/t14-,18+/m1/s1. The molecule has 28 heavy (non-hydrogen) atoms. The third-order valence-corrected chi connectivity index (χ3v) is 4.55. The largest absolute Gasteiger partial charge is 0.454 e. The zero-order chi connectivity index (χ0) is 20.8. The molecule has 0 radical (unpaired) electrons. The molecule has 0 aliphatic heterocycles. The van der Waals surface area contributed by atoms with E-state index in [0.29, 0.717) is 16.1 Å². The molecule has 0 bridgehead atoms. The topological polar surface area (TPSA) is 98.5 Å². The van der Waals surface area contributed by atoms with Crippen LogP contribution in [0.25, 0.3) is 0 Å². The van der Waals surface area contributed by atoms with Crippen molar-refractivity contribution in [3.8, 4) is 0 Å². The highest BCUT2D eigenvalue weighted by molar-refractivity contribution is 6.30. The first kappa shape index (κ1) is 21.4. The van der Waals surface area contributed by atoms with Gasteiger partial charge < -0.3 is 15.8 Å². The number of rotatable bonds is 7. The summed E-state index contributed by atoms with van der Waals surface area (Å²) in [6.45, 7) is 5.24. The highest BCUT2D eigenvalue weighted by atomic mass is 35.5. The number of primary amides is 1. The Bertz CT molecular complexity index is 880. The van der Waals surface area contributed by atoms with Gasteiger partial charge in [-0.25, -0.2) is 4.79 Å². The zero-order valence-corrected chi connectivity index (χ0v) is 16.7. The van der Waals surface area contributed by atoms with E-state index in [1.165, 1.54) is 6.92 Å². The Morgan fingerprint density at radius 2 is 1.75 bits per heavy atom. The Balaban J connectivity index is 2.08. The first-order valence-corrected chi connectivity index (χ1v) is 9.17. The minimum Gasteiger partial charge on any atom is -0.454 e. The van der Waals surface area contributed by atoms with E-state index in [0.717, 1.165) is 11.1 Å². The number of nitrogens with one attached hydrogen (secondary N) is 1. The quantitative estimate of drug-likeness (QED) is 0.542. The molecule has 7 heteroatoms. The Morgan fingerprint density at radius 1 is 1.11 bits per heavy atom. The van der Waals surface area contributed by atoms with Gasteiger partial charge in [0.05, 0.1) is 12.5 Å². The van der Waals surface area contributed by atoms with E-state index in [1.54, 1.807) is 30.3 Å². The zero-order valence-electron chi connectivity index (χ0n) is 16.0. The first-order chi connectivity index (χ1) is 13.2. The molecule has 2 aromatic rings. The average Bonchev–Trinajstić information content (AvgIpc) is 2.62. The first-order valence-electron chi connectivity index (χ1n) is 8.79. The monoisotopic (exact) mass is 402 g/mol. The van der Waals surface area contributed by atoms with Crippen molar-refractivity contribution in [2.45, 2.75) is 39.3 Å². The van der Waals surface area contributed by atoms with Gasteiger partial charge >= 0.3 is 12.0 Å². The smallest absolute Gasteiger partial charge is 0.312 e. The number of nitrogens with two attached hydrogens (primary N) is 1. The Kier molecular flexibility index (Phi) is 7.18. The van der Waals surface area contributed by atoms with Crippen LogP contribution < -0.4 is 11.1 Å². The van der Waals surface area contributed by atoms with Crippen molar-refractivity contribution in [2.75, 3.05) is 0 Å². The molecule has 0 saturated carbocycles. The fourth-order valence-electron chi connectivity index (χ4n) is 2.80. The predicted molar refractivity (Wildman–Crippen MR) is 107 cm³/mol. The van der Waals surface area contributed by atoms with Crippen LogP contribution in [0.1, 0.15) is 46.4 Å². The highest BCUT2D eigenvalue weighted by Gasteiger charge is 2.24. The number of ketones is 1. The molecule has 0 aliphatic rings. The van der Waals surface area contributed by atoms with Crippen molar-refractivity contribution in [3.63, 3.8) is 0 Å². The Morgan fingerprint density at radius 3 is 2.36 bits per heavy atom. The molecule has 2 amide bonds. The number of urea groups is 1. The summed E-state index contributed by atoms with van der Waals surface area (Å²) >= 11 is 5.87. The van der Waals surface area contributed by atoms with Crippen LogP contribution >= 0.6 is 11.6 Å². The third-order valence-electron chi connectivity index (χ3n) is 4.30. The van der Waals surface area contributed by atoms with Crippen molar-refractivity contribution in [1.82, 2.24) is 5.32 Å². The second kappa shape index (κ2) is 9.37. The lowest BCUT2D eigenvalue weighted by molar-refractivity contribution is -0.146. The molecular weight excluding hydrogens is 380 g/mol. The molecule has 0 fully saturated rings. The summed E-state index contributed by atoms with van der Waals surface area (Å²) in [7, 11) is 0. The lowest BCUT2D eigenvalue weighted by Gasteiger charge is -2.19. The van der Waals surface area contributed by atoms with Gasteiger partial charge in [0.2, 0.25) is 5.78 Å². The lowest BCUT2D eigenvalue weighted by atomic mass is 9.99. The van der Waals surface area contributed by atoms with E-state index in [-0.39, 0.29) is 12.2 Å². The minimum absolute atomic E-state index is 0.172. The van der Waals surface area contributed by atoms with E-state index < -0.39 is 24.1 Å². The van der Waals surface area contributed by atoms with Crippen molar-refractivity contribution >= 4 is 29.4 Å². The molecule has 0 aliphatic carbocycles. The van der Waals surface area contributed by atoms with E-state index in [4.69, 9.17) is 22.1 Å². The van der Waals surface area contributed by atoms with Crippen molar-refractivity contribution in [3.05, 3.63) is 69.7 Å². The van der Waals surface area contributed by atoms with Crippen LogP contribution in [-0.4, -0.2) is 23.9 Å². The molecule has 3 N–H and O–H groups in total. The van der Waals surface area contributed by atoms with Crippen molar-refractivity contribution in [2.24, 2.45) is 5.73 Å². The minimum atomic E-state index is -0.951. The normalized spacial score (nSPS) is 12.7. The van der Waals surface area contributed by atoms with Gasteiger partial charge in [-0.2, -0.15) is 0 Å². The molecule has 0 unspecified atom stereocenters. The molecule has 0 aromatic heterocycles. The number of halogens is 1. The molecule has 0 saturated heterocycles. The molecule has 2 atom stereocenters. The molecular formula is C21H23ClN2O4. The molecule has 6 nitrogen and oxygen atoms in total. The fourth-order valence-corrected chi connectivity index (χ4v) is 2.93. The van der Waals surface area contributed by atoms with Gasteiger partial charge in [-0.3, -0.25) is 9.59 Å². The van der Waals surface area contributed by atoms with Gasteiger partial charge in [0.15, 0.2) is 6.10 Å². The number of amides is 2. The lowest BCUT2D eigenvalue weighted by Crippen LogP contribution is -2.35. The van der Waals surface area contributed by atoms with Crippen LogP contribution in [0.4, 0.5) is 4.79 Å². The number of hydrogen-bond donors (Lipinski definition) is 2. The second-order valence-electron chi connectivity index (χ2n) is 6.63. The Labute approximate surface area is 169 Å². The highest BCUT2D eigenvalue weighted by Crippen LogP contribution is 2.21. The van der Waals surface area contributed by atoms with Crippen LogP contribution in [0.3, 0.4) is 0 Å². The summed E-state index contributed by atoms with van der Waals surface area (Å²) in [6.07, 6.45) is -1.12. The summed E-state index contributed by atoms with van der Waals surface area (Å²) in [5.74, 6) is -0.902. The van der Waals surface area contributed by atoms with Crippen LogP contribution in [0.5, 0.6) is 0 Å². The fraction of sp³-hybridized carbons (Fsp3) is 0.286. The van der Waals surface area contributed by atoms with Crippen LogP contribution in [0.2, 0.25) is 5.02 Å². The van der Waals surface area contributed by atoms with Gasteiger partial charge in [-0.05, 0) is 50.1 Å². The maximum atomic E-state index is 12.6. The summed E-state index contributed by atoms with van der Waals surface area (Å²) in [5.41, 5.74) is 8.13. The summed E-state index contributed by atoms with van der Waals surface area (Å²) in [6, 6.07) is 10.7. The number of carbonyl (C=O) groups excluding carboxylic acids is 3. The maximum Gasteiger partial charge on any atom is 0.312 e. The number of aryl methyl sites for hydroxylation is 2.